The van der Waals surface area contributed by atoms with Crippen LogP contribution in [0, 0.1) is 10.1 Å². The molecule has 0 aliphatic rings. The molecule has 1 heterocycles. The summed E-state index contributed by atoms with van der Waals surface area (Å²) in [5.74, 6) is 0.266. The quantitative estimate of drug-likeness (QED) is 0.599. The first-order valence-electron chi connectivity index (χ1n) is 4.29. The molecule has 0 aliphatic heterocycles. The van der Waals surface area contributed by atoms with Crippen molar-refractivity contribution in [2.75, 3.05) is 0 Å². The third kappa shape index (κ3) is 1.92. The molecule has 0 radical (unpaired) electrons. The maximum Gasteiger partial charge on any atom is 0.317 e. The topological polar surface area (TPSA) is 102 Å². The smallest absolute Gasteiger partial charge is 0.317 e. The summed E-state index contributed by atoms with van der Waals surface area (Å²) in [6.07, 6.45) is 1.17. The van der Waals surface area contributed by atoms with E-state index in [-0.39, 0.29) is 17.5 Å². The van der Waals surface area contributed by atoms with Gasteiger partial charge in [-0.25, -0.2) is 4.98 Å². The molecule has 0 amide bonds. The van der Waals surface area contributed by atoms with Gasteiger partial charge in [-0.3, -0.25) is 10.1 Å². The molecule has 2 aromatic rings. The number of non-ortho nitro benzene ring substituents is 1. The first-order valence-corrected chi connectivity index (χ1v) is 4.29. The summed E-state index contributed by atoms with van der Waals surface area (Å²) >= 11 is 0. The van der Waals surface area contributed by atoms with Crippen molar-refractivity contribution in [1.82, 2.24) is 15.0 Å². The second kappa shape index (κ2) is 3.89. The molecule has 0 saturated heterocycles. The molecular weight excluding hydrogens is 212 g/mol. The maximum atomic E-state index is 10.4. The second-order valence-electron chi connectivity index (χ2n) is 2.91. The molecule has 7 nitrogen and oxygen atoms in total. The summed E-state index contributed by atoms with van der Waals surface area (Å²) in [5, 5.41) is 19.5. The largest absolute Gasteiger partial charge is 0.479 e. The lowest BCUT2D eigenvalue weighted by molar-refractivity contribution is -0.384. The van der Waals surface area contributed by atoms with Crippen LogP contribution in [0.5, 0.6) is 6.01 Å². The molecule has 0 aliphatic carbocycles. The molecular formula is C9H6N4O3. The van der Waals surface area contributed by atoms with Gasteiger partial charge in [-0.15, -0.1) is 0 Å². The van der Waals surface area contributed by atoms with Crippen molar-refractivity contribution in [1.29, 1.82) is 0 Å². The zero-order valence-electron chi connectivity index (χ0n) is 7.94. The van der Waals surface area contributed by atoms with Crippen molar-refractivity contribution >= 4 is 5.69 Å². The zero-order valence-corrected chi connectivity index (χ0v) is 7.94. The van der Waals surface area contributed by atoms with Gasteiger partial charge in [0.25, 0.3) is 5.69 Å². The summed E-state index contributed by atoms with van der Waals surface area (Å²) in [4.78, 5) is 20.9. The SMILES string of the molecule is O=[N+]([O-])c1ccc(-c2ncnc(O)n2)cc1. The predicted molar refractivity (Wildman–Crippen MR) is 53.6 cm³/mol. The van der Waals surface area contributed by atoms with E-state index in [0.29, 0.717) is 5.56 Å². The Hall–Kier alpha value is -2.57. The minimum absolute atomic E-state index is 0.0120. The maximum absolute atomic E-state index is 10.4. The van der Waals surface area contributed by atoms with E-state index < -0.39 is 4.92 Å². The molecule has 7 heteroatoms. The van der Waals surface area contributed by atoms with Crippen LogP contribution in [0.3, 0.4) is 0 Å². The second-order valence-corrected chi connectivity index (χ2v) is 2.91. The van der Waals surface area contributed by atoms with Gasteiger partial charge in [-0.05, 0) is 12.1 Å². The van der Waals surface area contributed by atoms with Gasteiger partial charge in [0, 0.05) is 17.7 Å². The first kappa shape index (κ1) is 9.97. The first-order chi connectivity index (χ1) is 7.66. The highest BCUT2D eigenvalue weighted by atomic mass is 16.6. The molecule has 16 heavy (non-hydrogen) atoms. The summed E-state index contributed by atoms with van der Waals surface area (Å²) in [5.41, 5.74) is 0.560. The van der Waals surface area contributed by atoms with Crippen LogP contribution in [-0.2, 0) is 0 Å². The predicted octanol–water partition coefficient (Wildman–Crippen LogP) is 1.15. The molecule has 80 valence electrons. The van der Waals surface area contributed by atoms with E-state index in [9.17, 15) is 10.1 Å². The highest BCUT2D eigenvalue weighted by Crippen LogP contribution is 2.19. The monoisotopic (exact) mass is 218 g/mol. The van der Waals surface area contributed by atoms with E-state index in [4.69, 9.17) is 5.11 Å². The van der Waals surface area contributed by atoms with Crippen LogP contribution in [-0.4, -0.2) is 25.0 Å². The fourth-order valence-corrected chi connectivity index (χ4v) is 1.16. The Balaban J connectivity index is 2.38. The lowest BCUT2D eigenvalue weighted by atomic mass is 10.2. The van der Waals surface area contributed by atoms with E-state index >= 15 is 0 Å². The molecule has 0 atom stereocenters. The third-order valence-corrected chi connectivity index (χ3v) is 1.90. The standard InChI is InChI=1S/C9H6N4O3/c14-9-11-5-10-8(12-9)6-1-3-7(4-2-6)13(15)16/h1-5H,(H,10,11,12,14). The Morgan fingerprint density at radius 3 is 2.44 bits per heavy atom. The number of aromatic hydroxyl groups is 1. The number of nitro benzene ring substituents is 1. The minimum Gasteiger partial charge on any atom is -0.479 e. The van der Waals surface area contributed by atoms with E-state index in [0.717, 1.165) is 0 Å². The highest BCUT2D eigenvalue weighted by Gasteiger charge is 2.07. The fourth-order valence-electron chi connectivity index (χ4n) is 1.16. The number of benzene rings is 1. The van der Waals surface area contributed by atoms with Crippen LogP contribution >= 0.6 is 0 Å². The average Bonchev–Trinajstić information content (AvgIpc) is 2.29. The molecule has 0 unspecified atom stereocenters. The summed E-state index contributed by atoms with van der Waals surface area (Å²) in [7, 11) is 0. The van der Waals surface area contributed by atoms with Crippen LogP contribution < -0.4 is 0 Å². The van der Waals surface area contributed by atoms with Crippen molar-refractivity contribution in [3.05, 3.63) is 40.7 Å². The van der Waals surface area contributed by atoms with Gasteiger partial charge in [0.15, 0.2) is 5.82 Å². The Labute approximate surface area is 89.6 Å². The Morgan fingerprint density at radius 2 is 1.88 bits per heavy atom. The number of hydrogen-bond donors (Lipinski definition) is 1. The fraction of sp³-hybridized carbons (Fsp3) is 0. The highest BCUT2D eigenvalue weighted by molar-refractivity contribution is 5.56. The molecule has 0 bridgehead atoms. The van der Waals surface area contributed by atoms with E-state index in [1.165, 1.54) is 30.6 Å². The van der Waals surface area contributed by atoms with Gasteiger partial charge in [-0.2, -0.15) is 9.97 Å². The molecule has 0 fully saturated rings. The van der Waals surface area contributed by atoms with Crippen LogP contribution in [0.2, 0.25) is 0 Å². The van der Waals surface area contributed by atoms with Crippen LogP contribution in [0.25, 0.3) is 11.4 Å². The Bertz CT molecular complexity index is 527. The number of aromatic nitrogens is 3. The molecule has 1 N–H and O–H groups in total. The van der Waals surface area contributed by atoms with Gasteiger partial charge in [0.05, 0.1) is 4.92 Å². The molecule has 2 rings (SSSR count). The zero-order chi connectivity index (χ0) is 11.5. The van der Waals surface area contributed by atoms with Gasteiger partial charge in [0.2, 0.25) is 0 Å². The van der Waals surface area contributed by atoms with Crippen molar-refractivity contribution in [2.24, 2.45) is 0 Å². The molecule has 0 spiro atoms. The average molecular weight is 218 g/mol. The number of nitrogens with zero attached hydrogens (tertiary/aromatic N) is 4. The van der Waals surface area contributed by atoms with Gasteiger partial charge in [-0.1, -0.05) is 0 Å². The van der Waals surface area contributed by atoms with E-state index in [2.05, 4.69) is 15.0 Å². The summed E-state index contributed by atoms with van der Waals surface area (Å²) in [6.45, 7) is 0. The number of nitro groups is 1. The van der Waals surface area contributed by atoms with Gasteiger partial charge < -0.3 is 5.11 Å². The summed E-state index contributed by atoms with van der Waals surface area (Å²) in [6, 6.07) is 5.31. The lowest BCUT2D eigenvalue weighted by Gasteiger charge is -1.98. The van der Waals surface area contributed by atoms with Crippen molar-refractivity contribution in [2.45, 2.75) is 0 Å². The van der Waals surface area contributed by atoms with Crippen LogP contribution in [0.1, 0.15) is 0 Å². The van der Waals surface area contributed by atoms with Crippen molar-refractivity contribution < 1.29 is 10.0 Å². The molecule has 1 aromatic carbocycles. The van der Waals surface area contributed by atoms with Crippen LogP contribution in [0.4, 0.5) is 5.69 Å². The number of hydrogen-bond acceptors (Lipinski definition) is 6. The van der Waals surface area contributed by atoms with Gasteiger partial charge in [0.1, 0.15) is 6.33 Å². The molecule has 0 saturated carbocycles. The van der Waals surface area contributed by atoms with E-state index in [1.807, 2.05) is 0 Å². The minimum atomic E-state index is -0.491. The lowest BCUT2D eigenvalue weighted by Crippen LogP contribution is -1.91. The van der Waals surface area contributed by atoms with Crippen molar-refractivity contribution in [3.63, 3.8) is 0 Å². The molecule has 1 aromatic heterocycles. The van der Waals surface area contributed by atoms with Crippen molar-refractivity contribution in [3.8, 4) is 17.4 Å². The third-order valence-electron chi connectivity index (χ3n) is 1.90. The van der Waals surface area contributed by atoms with Gasteiger partial charge >= 0.3 is 6.01 Å². The number of rotatable bonds is 2. The van der Waals surface area contributed by atoms with Crippen LogP contribution in [0.15, 0.2) is 30.6 Å². The Morgan fingerprint density at radius 1 is 1.19 bits per heavy atom. The summed E-state index contributed by atoms with van der Waals surface area (Å²) < 4.78 is 0. The Kier molecular flexibility index (Phi) is 2.42. The normalized spacial score (nSPS) is 10.0. The van der Waals surface area contributed by atoms with E-state index in [1.54, 1.807) is 0 Å².